The maximum atomic E-state index is 14.1. The molecule has 0 saturated carbocycles. The van der Waals surface area contributed by atoms with Crippen molar-refractivity contribution in [1.82, 2.24) is 10.2 Å². The van der Waals surface area contributed by atoms with Crippen LogP contribution in [0.15, 0.2) is 41.0 Å². The number of unbranched alkanes of at least 4 members (excludes halogenated alkanes) is 2. The summed E-state index contributed by atoms with van der Waals surface area (Å²) in [6, 6.07) is 2.56. The molecule has 16 nitrogen and oxygen atoms in total. The van der Waals surface area contributed by atoms with Crippen LogP contribution in [0, 0.1) is 5.92 Å². The number of amides is 3. The third-order valence-electron chi connectivity index (χ3n) is 10.7. The molecule has 0 aromatic heterocycles. The van der Waals surface area contributed by atoms with Crippen LogP contribution in [-0.2, 0) is 39.8 Å². The molecule has 2 fully saturated rings. The maximum Gasteiger partial charge on any atom is 0.409 e. The highest BCUT2D eigenvalue weighted by Gasteiger charge is 2.64. The number of hydrogen-bond acceptors (Lipinski definition) is 11. The zero-order valence-electron chi connectivity index (χ0n) is 32.7. The van der Waals surface area contributed by atoms with Crippen LogP contribution < -0.4 is 15.0 Å². The number of halogens is 1. The number of nitrogens with one attached hydrogen (secondary N) is 1. The monoisotopic (exact) mass is 788 g/mol. The highest BCUT2D eigenvalue weighted by atomic mass is 35.5. The van der Waals surface area contributed by atoms with Gasteiger partial charge in [0.25, 0.3) is 0 Å². The molecule has 17 heteroatoms. The van der Waals surface area contributed by atoms with Crippen molar-refractivity contribution in [1.29, 1.82) is 0 Å². The zero-order valence-corrected chi connectivity index (χ0v) is 33.5. The van der Waals surface area contributed by atoms with Crippen molar-refractivity contribution in [3.8, 4) is 5.75 Å². The van der Waals surface area contributed by atoms with Gasteiger partial charge in [-0.1, -0.05) is 53.9 Å². The van der Waals surface area contributed by atoms with Crippen LogP contribution in [0.4, 0.5) is 10.5 Å². The molecule has 3 aliphatic rings. The van der Waals surface area contributed by atoms with E-state index in [2.05, 4.69) is 15.3 Å². The van der Waals surface area contributed by atoms with Crippen LogP contribution in [0.1, 0.15) is 71.8 Å². The van der Waals surface area contributed by atoms with Crippen molar-refractivity contribution in [3.63, 3.8) is 0 Å². The minimum atomic E-state index is -1.84. The number of likely N-dealkylation sites (N-methyl/N-ethyl adjacent to an activating group) is 1. The number of benzene rings is 1. The van der Waals surface area contributed by atoms with Crippen LogP contribution in [0.25, 0.3) is 10.4 Å². The predicted octanol–water partition coefficient (Wildman–Crippen LogP) is 5.39. The summed E-state index contributed by atoms with van der Waals surface area (Å²) in [5.41, 5.74) is 7.48. The lowest BCUT2D eigenvalue weighted by Crippen LogP contribution is -2.63. The van der Waals surface area contributed by atoms with Crippen molar-refractivity contribution >= 4 is 41.2 Å². The van der Waals surface area contributed by atoms with Gasteiger partial charge in [0.2, 0.25) is 11.8 Å². The van der Waals surface area contributed by atoms with Crippen LogP contribution >= 0.6 is 11.6 Å². The Balaban J connectivity index is 1.68. The number of fused-ring (bicyclic) bond motifs is 5. The Hall–Kier alpha value is -4.34. The fourth-order valence-corrected chi connectivity index (χ4v) is 7.39. The van der Waals surface area contributed by atoms with Crippen molar-refractivity contribution in [2.45, 2.75) is 114 Å². The molecule has 55 heavy (non-hydrogen) atoms. The van der Waals surface area contributed by atoms with Crippen molar-refractivity contribution in [2.24, 2.45) is 11.0 Å². The molecule has 2 saturated heterocycles. The highest BCUT2D eigenvalue weighted by molar-refractivity contribution is 6.35. The Labute approximate surface area is 326 Å². The molecule has 3 aliphatic heterocycles. The van der Waals surface area contributed by atoms with Crippen LogP contribution in [-0.4, -0.2) is 111 Å². The zero-order chi connectivity index (χ0) is 40.7. The lowest BCUT2D eigenvalue weighted by atomic mass is 9.83. The summed E-state index contributed by atoms with van der Waals surface area (Å²) in [6.07, 6.45) is 2.84. The summed E-state index contributed by atoms with van der Waals surface area (Å²) in [7, 11) is 5.98. The molecule has 8 atom stereocenters. The van der Waals surface area contributed by atoms with Crippen LogP contribution in [0.5, 0.6) is 5.75 Å². The molecule has 1 aromatic rings. The lowest BCUT2D eigenvalue weighted by Gasteiger charge is -2.42. The molecular formula is C38H53ClN6O10. The average Bonchev–Trinajstić information content (AvgIpc) is 3.84. The third-order valence-corrected chi connectivity index (χ3v) is 11.1. The Morgan fingerprint density at radius 2 is 1.98 bits per heavy atom. The van der Waals surface area contributed by atoms with Crippen molar-refractivity contribution < 1.29 is 48.0 Å². The molecule has 3 heterocycles. The first-order chi connectivity index (χ1) is 26.0. The number of aliphatic hydroxyl groups is 1. The summed E-state index contributed by atoms with van der Waals surface area (Å²) >= 11 is 6.76. The van der Waals surface area contributed by atoms with Gasteiger partial charge < -0.3 is 38.6 Å². The normalized spacial score (nSPS) is 30.3. The number of carbonyl (C=O) groups is 4. The number of epoxide rings is 1. The molecule has 302 valence electrons. The van der Waals surface area contributed by atoms with E-state index in [0.717, 1.165) is 11.1 Å². The number of esters is 1. The number of rotatable bonds is 11. The second kappa shape index (κ2) is 18.5. The molecule has 2 N–H and O–H groups in total. The van der Waals surface area contributed by atoms with Gasteiger partial charge in [-0.3, -0.25) is 14.9 Å². The smallest absolute Gasteiger partial charge is 0.409 e. The van der Waals surface area contributed by atoms with E-state index < -0.39 is 65.7 Å². The van der Waals surface area contributed by atoms with E-state index in [0.29, 0.717) is 43.7 Å². The number of methoxy groups -OCH3 is 2. The summed E-state index contributed by atoms with van der Waals surface area (Å²) in [5, 5.41) is 18.0. The summed E-state index contributed by atoms with van der Waals surface area (Å²) in [6.45, 7) is 7.29. The topological polar surface area (TPSA) is 205 Å². The maximum absolute atomic E-state index is 14.1. The van der Waals surface area contributed by atoms with Crippen molar-refractivity contribution in [3.05, 3.63) is 57.0 Å². The van der Waals surface area contributed by atoms with Gasteiger partial charge in [0.05, 0.1) is 25.3 Å². The highest BCUT2D eigenvalue weighted by Crippen LogP contribution is 2.49. The molecule has 1 aromatic carbocycles. The first-order valence-corrected chi connectivity index (χ1v) is 18.7. The number of anilines is 1. The van der Waals surface area contributed by atoms with Gasteiger partial charge in [-0.05, 0) is 63.3 Å². The van der Waals surface area contributed by atoms with E-state index in [9.17, 15) is 24.3 Å². The van der Waals surface area contributed by atoms with Gasteiger partial charge in [-0.25, -0.2) is 9.59 Å². The van der Waals surface area contributed by atoms with E-state index in [1.165, 1.54) is 31.1 Å². The molecule has 0 radical (unpaired) electrons. The Morgan fingerprint density at radius 1 is 1.25 bits per heavy atom. The quantitative estimate of drug-likeness (QED) is 0.0731. The summed E-state index contributed by atoms with van der Waals surface area (Å²) in [5.74, 6) is -1.65. The standard InChI is InChI=1S/C38H53ClN6O10/c1-22-13-12-14-29(52-8)38(50)21-28(53-36(49)42-38)23(2)34-37(4,55-34)30(20-32(47)45(6)26-18-25(17-22)19-27(51-7)33(26)39)54-35(48)24(3)44(5)31(46)15-10-9-11-16-41-43-40/h12-14,18-19,23-24,28-30,34,50H,9-11,15-17,20-21H2,1-8H3,(H,42,49)/b14-12+,22-13+/t23-,24+,28+,29?,30+,34+,37?,38+/m1/s1. The first kappa shape index (κ1) is 43.4. The number of allylic oxidation sites excluding steroid dienone is 3. The minimum Gasteiger partial charge on any atom is -0.495 e. The number of nitrogens with zero attached hydrogens (tertiary/aromatic N) is 5. The number of hydrogen-bond donors (Lipinski definition) is 2. The van der Waals surface area contributed by atoms with Crippen LogP contribution in [0.2, 0.25) is 5.02 Å². The molecular weight excluding hydrogens is 736 g/mol. The Bertz CT molecular complexity index is 1720. The number of alkyl carbamates (subject to hydrolysis) is 1. The largest absolute Gasteiger partial charge is 0.495 e. The van der Waals surface area contributed by atoms with Gasteiger partial charge in [-0.15, -0.1) is 0 Å². The molecule has 4 rings (SSSR count). The van der Waals surface area contributed by atoms with E-state index in [1.54, 1.807) is 52.1 Å². The summed E-state index contributed by atoms with van der Waals surface area (Å²) < 4.78 is 29.2. The fraction of sp³-hybridized carbons (Fsp3) is 0.632. The minimum absolute atomic E-state index is 0.0624. The third kappa shape index (κ3) is 10.3. The van der Waals surface area contributed by atoms with E-state index in [4.69, 9.17) is 40.8 Å². The van der Waals surface area contributed by atoms with Gasteiger partial charge in [0, 0.05) is 51.4 Å². The molecule has 3 amide bonds. The molecule has 4 bridgehead atoms. The predicted molar refractivity (Wildman–Crippen MR) is 203 cm³/mol. The fourth-order valence-electron chi connectivity index (χ4n) is 7.07. The van der Waals surface area contributed by atoms with E-state index in [-0.39, 0.29) is 30.2 Å². The number of azide groups is 1. The van der Waals surface area contributed by atoms with Gasteiger partial charge in [0.1, 0.15) is 40.7 Å². The Morgan fingerprint density at radius 3 is 2.65 bits per heavy atom. The first-order valence-electron chi connectivity index (χ1n) is 18.3. The van der Waals surface area contributed by atoms with Crippen molar-refractivity contribution in [2.75, 3.05) is 39.8 Å². The number of carbonyl (C=O) groups excluding carboxylic acids is 4. The number of ether oxygens (including phenoxy) is 5. The van der Waals surface area contributed by atoms with Crippen LogP contribution in [0.3, 0.4) is 0 Å². The second-order valence-electron chi connectivity index (χ2n) is 14.7. The van der Waals surface area contributed by atoms with E-state index in [1.807, 2.05) is 13.0 Å². The molecule has 2 unspecified atom stereocenters. The van der Waals surface area contributed by atoms with Gasteiger partial charge in [-0.2, -0.15) is 0 Å². The molecule has 0 aliphatic carbocycles. The Kier molecular flexibility index (Phi) is 14.6. The van der Waals surface area contributed by atoms with Gasteiger partial charge in [0.15, 0.2) is 5.72 Å². The average molecular weight is 789 g/mol. The summed E-state index contributed by atoms with van der Waals surface area (Å²) in [4.78, 5) is 59.2. The molecule has 0 spiro atoms. The lowest BCUT2D eigenvalue weighted by molar-refractivity contribution is -0.162. The second-order valence-corrected chi connectivity index (χ2v) is 15.0. The van der Waals surface area contributed by atoms with E-state index >= 15 is 0 Å². The van der Waals surface area contributed by atoms with Gasteiger partial charge >= 0.3 is 12.1 Å². The SMILES string of the molecule is COc1cc2cc(c1Cl)N(C)C(=O)C[C@H](OC(=O)[C@H](C)N(C)C(=O)CCCCCN=[N+]=[N-])C1(C)O[C@H]1[C@H](C)[C@@H]1C[C@@](O)(NC(=O)O1)C(OC)/C=C/C=C(\C)C2.